The molecule has 0 aliphatic carbocycles. The normalized spacial score (nSPS) is 18.4. The third kappa shape index (κ3) is 2.87. The van der Waals surface area contributed by atoms with Crippen LogP contribution in [0.1, 0.15) is 35.8 Å². The monoisotopic (exact) mass is 263 g/mol. The SMILES string of the molecule is CNC1(C)CCN(C(=O)c2ccc(C)[nH]c2=O)CC1. The lowest BCUT2D eigenvalue weighted by Crippen LogP contribution is -2.51. The number of hydrogen-bond donors (Lipinski definition) is 2. The molecule has 2 N–H and O–H groups in total. The zero-order chi connectivity index (χ0) is 14.0. The molecular weight excluding hydrogens is 242 g/mol. The fourth-order valence-corrected chi connectivity index (χ4v) is 2.36. The van der Waals surface area contributed by atoms with Crippen molar-refractivity contribution in [3.63, 3.8) is 0 Å². The van der Waals surface area contributed by atoms with Gasteiger partial charge in [-0.1, -0.05) is 0 Å². The van der Waals surface area contributed by atoms with Crippen molar-refractivity contribution in [1.29, 1.82) is 0 Å². The minimum absolute atomic E-state index is 0.0937. The predicted molar refractivity (Wildman–Crippen MR) is 74.4 cm³/mol. The molecule has 0 atom stereocenters. The van der Waals surface area contributed by atoms with Gasteiger partial charge in [0.05, 0.1) is 0 Å². The topological polar surface area (TPSA) is 65.2 Å². The van der Waals surface area contributed by atoms with Crippen LogP contribution >= 0.6 is 0 Å². The Morgan fingerprint density at radius 3 is 2.53 bits per heavy atom. The van der Waals surface area contributed by atoms with Crippen molar-refractivity contribution >= 4 is 5.91 Å². The van der Waals surface area contributed by atoms with E-state index >= 15 is 0 Å². The van der Waals surface area contributed by atoms with Crippen molar-refractivity contribution in [1.82, 2.24) is 15.2 Å². The quantitative estimate of drug-likeness (QED) is 0.833. The van der Waals surface area contributed by atoms with E-state index in [1.54, 1.807) is 24.0 Å². The maximum Gasteiger partial charge on any atom is 0.260 e. The van der Waals surface area contributed by atoms with E-state index in [4.69, 9.17) is 0 Å². The zero-order valence-corrected chi connectivity index (χ0v) is 11.7. The Balaban J connectivity index is 2.12. The molecule has 1 aromatic heterocycles. The summed E-state index contributed by atoms with van der Waals surface area (Å²) in [4.78, 5) is 28.5. The number of H-pyrrole nitrogens is 1. The molecule has 0 radical (unpaired) electrons. The molecule has 0 spiro atoms. The number of carbonyl (C=O) groups is 1. The summed E-state index contributed by atoms with van der Waals surface area (Å²) in [6.45, 7) is 5.33. The Morgan fingerprint density at radius 1 is 1.37 bits per heavy atom. The van der Waals surface area contributed by atoms with Crippen LogP contribution in [-0.2, 0) is 0 Å². The average molecular weight is 263 g/mol. The van der Waals surface area contributed by atoms with Gasteiger partial charge in [-0.2, -0.15) is 0 Å². The first-order valence-corrected chi connectivity index (χ1v) is 6.63. The highest BCUT2D eigenvalue weighted by molar-refractivity contribution is 5.93. The van der Waals surface area contributed by atoms with E-state index < -0.39 is 0 Å². The molecule has 104 valence electrons. The van der Waals surface area contributed by atoms with Crippen molar-refractivity contribution in [2.24, 2.45) is 0 Å². The van der Waals surface area contributed by atoms with Gasteiger partial charge in [0.1, 0.15) is 5.56 Å². The summed E-state index contributed by atoms with van der Waals surface area (Å²) >= 11 is 0. The second-order valence-corrected chi connectivity index (χ2v) is 5.49. The Kier molecular flexibility index (Phi) is 3.75. The van der Waals surface area contributed by atoms with Crippen LogP contribution in [0.4, 0.5) is 0 Å². The van der Waals surface area contributed by atoms with Gasteiger partial charge < -0.3 is 15.2 Å². The van der Waals surface area contributed by atoms with Crippen LogP contribution in [0.2, 0.25) is 0 Å². The smallest absolute Gasteiger partial charge is 0.260 e. The van der Waals surface area contributed by atoms with Crippen molar-refractivity contribution in [2.75, 3.05) is 20.1 Å². The van der Waals surface area contributed by atoms with E-state index in [0.29, 0.717) is 13.1 Å². The standard InChI is InChI=1S/C14H21N3O2/c1-10-4-5-11(12(18)16-10)13(19)17-8-6-14(2,15-3)7-9-17/h4-5,15H,6-9H2,1-3H3,(H,16,18). The number of rotatable bonds is 2. The Morgan fingerprint density at radius 2 is 2.00 bits per heavy atom. The Hall–Kier alpha value is -1.62. The van der Waals surface area contributed by atoms with Gasteiger partial charge in [-0.25, -0.2) is 0 Å². The number of nitrogens with zero attached hydrogens (tertiary/aromatic N) is 1. The molecule has 2 rings (SSSR count). The van der Waals surface area contributed by atoms with Gasteiger partial charge in [0, 0.05) is 24.3 Å². The number of aromatic amines is 1. The molecule has 1 amide bonds. The van der Waals surface area contributed by atoms with Crippen LogP contribution in [0.15, 0.2) is 16.9 Å². The number of nitrogens with one attached hydrogen (secondary N) is 2. The van der Waals surface area contributed by atoms with E-state index in [0.717, 1.165) is 18.5 Å². The minimum atomic E-state index is -0.299. The van der Waals surface area contributed by atoms with Gasteiger partial charge in [-0.15, -0.1) is 0 Å². The molecule has 1 aromatic rings. The first-order valence-electron chi connectivity index (χ1n) is 6.63. The maximum absolute atomic E-state index is 12.3. The van der Waals surface area contributed by atoms with Crippen LogP contribution in [-0.4, -0.2) is 41.5 Å². The Bertz CT molecular complexity index is 528. The van der Waals surface area contributed by atoms with E-state index in [1.807, 2.05) is 7.05 Å². The minimum Gasteiger partial charge on any atom is -0.338 e. The molecule has 0 aromatic carbocycles. The number of piperidine rings is 1. The largest absolute Gasteiger partial charge is 0.338 e. The van der Waals surface area contributed by atoms with Gasteiger partial charge >= 0.3 is 0 Å². The Labute approximate surface area is 113 Å². The summed E-state index contributed by atoms with van der Waals surface area (Å²) in [5, 5.41) is 3.29. The lowest BCUT2D eigenvalue weighted by molar-refractivity contribution is 0.0660. The third-order valence-corrected chi connectivity index (χ3v) is 4.04. The summed E-state index contributed by atoms with van der Waals surface area (Å²) in [5.74, 6) is -0.167. The van der Waals surface area contributed by atoms with E-state index in [2.05, 4.69) is 17.2 Å². The van der Waals surface area contributed by atoms with E-state index in [-0.39, 0.29) is 22.6 Å². The summed E-state index contributed by atoms with van der Waals surface area (Å²) in [7, 11) is 1.95. The van der Waals surface area contributed by atoms with Crippen LogP contribution in [0.25, 0.3) is 0 Å². The van der Waals surface area contributed by atoms with Crippen LogP contribution in [0.3, 0.4) is 0 Å². The molecule has 0 bridgehead atoms. The lowest BCUT2D eigenvalue weighted by Gasteiger charge is -2.39. The first-order chi connectivity index (χ1) is 8.95. The highest BCUT2D eigenvalue weighted by atomic mass is 16.2. The second-order valence-electron chi connectivity index (χ2n) is 5.49. The molecular formula is C14H21N3O2. The number of carbonyl (C=O) groups excluding carboxylic acids is 1. The molecule has 19 heavy (non-hydrogen) atoms. The van der Waals surface area contributed by atoms with Crippen molar-refractivity contribution in [3.8, 4) is 0 Å². The van der Waals surface area contributed by atoms with E-state index in [1.165, 1.54) is 0 Å². The van der Waals surface area contributed by atoms with Crippen molar-refractivity contribution in [3.05, 3.63) is 33.7 Å². The molecule has 2 heterocycles. The van der Waals surface area contributed by atoms with Crippen LogP contribution in [0.5, 0.6) is 0 Å². The highest BCUT2D eigenvalue weighted by Gasteiger charge is 2.31. The maximum atomic E-state index is 12.3. The fourth-order valence-electron chi connectivity index (χ4n) is 2.36. The van der Waals surface area contributed by atoms with Gasteiger partial charge in [-0.3, -0.25) is 9.59 Å². The lowest BCUT2D eigenvalue weighted by atomic mass is 9.89. The summed E-state index contributed by atoms with van der Waals surface area (Å²) in [6, 6.07) is 3.37. The molecule has 0 saturated carbocycles. The highest BCUT2D eigenvalue weighted by Crippen LogP contribution is 2.21. The molecule has 5 nitrogen and oxygen atoms in total. The molecule has 1 aliphatic heterocycles. The second kappa shape index (κ2) is 5.17. The molecule has 0 unspecified atom stereocenters. The summed E-state index contributed by atoms with van der Waals surface area (Å²) < 4.78 is 0. The number of amides is 1. The number of likely N-dealkylation sites (tertiary alicyclic amines) is 1. The number of aromatic nitrogens is 1. The third-order valence-electron chi connectivity index (χ3n) is 4.04. The summed E-state index contributed by atoms with van der Waals surface area (Å²) in [5.41, 5.74) is 0.796. The zero-order valence-electron chi connectivity index (χ0n) is 11.7. The van der Waals surface area contributed by atoms with Crippen molar-refractivity contribution in [2.45, 2.75) is 32.2 Å². The van der Waals surface area contributed by atoms with Gasteiger partial charge in [0.25, 0.3) is 11.5 Å². The van der Waals surface area contributed by atoms with Crippen LogP contribution in [0, 0.1) is 6.92 Å². The number of hydrogen-bond acceptors (Lipinski definition) is 3. The average Bonchev–Trinajstić information content (AvgIpc) is 2.39. The molecule has 1 fully saturated rings. The number of aryl methyl sites for hydroxylation is 1. The summed E-state index contributed by atoms with van der Waals surface area (Å²) in [6.07, 6.45) is 1.80. The number of pyridine rings is 1. The molecule has 1 aliphatic rings. The molecule has 1 saturated heterocycles. The fraction of sp³-hybridized carbons (Fsp3) is 0.571. The van der Waals surface area contributed by atoms with Crippen LogP contribution < -0.4 is 10.9 Å². The predicted octanol–water partition coefficient (Wildman–Crippen LogP) is 0.897. The van der Waals surface area contributed by atoms with E-state index in [9.17, 15) is 9.59 Å². The first kappa shape index (κ1) is 13.8. The van der Waals surface area contributed by atoms with Gasteiger partial charge in [0.15, 0.2) is 0 Å². The van der Waals surface area contributed by atoms with Gasteiger partial charge in [0.2, 0.25) is 0 Å². The van der Waals surface area contributed by atoms with Crippen molar-refractivity contribution < 1.29 is 4.79 Å². The van der Waals surface area contributed by atoms with Gasteiger partial charge in [-0.05, 0) is 45.9 Å². The molecule has 5 heteroatoms.